The lowest BCUT2D eigenvalue weighted by atomic mass is 9.96. The molecule has 3 heteroatoms. The Bertz CT molecular complexity index is 442. The Labute approximate surface area is 141 Å². The Balaban J connectivity index is 1.48. The fourth-order valence-electron chi connectivity index (χ4n) is 4.21. The number of aliphatic hydroxyl groups is 1. The maximum atomic E-state index is 9.78. The van der Waals surface area contributed by atoms with Gasteiger partial charge in [-0.05, 0) is 49.8 Å². The monoisotopic (exact) mass is 316 g/mol. The molecule has 2 aliphatic heterocycles. The van der Waals surface area contributed by atoms with Crippen LogP contribution in [0.2, 0.25) is 0 Å². The number of benzene rings is 1. The summed E-state index contributed by atoms with van der Waals surface area (Å²) >= 11 is 0. The van der Waals surface area contributed by atoms with Gasteiger partial charge in [0.15, 0.2) is 0 Å². The van der Waals surface area contributed by atoms with E-state index in [4.69, 9.17) is 0 Å². The lowest BCUT2D eigenvalue weighted by molar-refractivity contribution is 0.165. The van der Waals surface area contributed by atoms with Gasteiger partial charge in [-0.2, -0.15) is 0 Å². The van der Waals surface area contributed by atoms with Gasteiger partial charge >= 0.3 is 0 Å². The van der Waals surface area contributed by atoms with Crippen molar-refractivity contribution >= 4 is 0 Å². The third-order valence-electron chi connectivity index (χ3n) is 5.64. The first-order valence-corrected chi connectivity index (χ1v) is 9.44. The molecule has 2 heterocycles. The maximum Gasteiger partial charge on any atom is 0.0475 e. The third-order valence-corrected chi connectivity index (χ3v) is 5.64. The lowest BCUT2D eigenvalue weighted by Crippen LogP contribution is -2.34. The Morgan fingerprint density at radius 3 is 2.26 bits per heavy atom. The molecular weight excluding hydrogens is 284 g/mol. The van der Waals surface area contributed by atoms with E-state index in [1.165, 1.54) is 50.9 Å². The molecule has 0 bridgehead atoms. The van der Waals surface area contributed by atoms with E-state index in [1.54, 1.807) is 0 Å². The van der Waals surface area contributed by atoms with Gasteiger partial charge in [0.05, 0.1) is 0 Å². The minimum absolute atomic E-state index is 0.348. The van der Waals surface area contributed by atoms with Crippen LogP contribution < -0.4 is 0 Å². The van der Waals surface area contributed by atoms with Crippen LogP contribution in [0.3, 0.4) is 0 Å². The number of hydrogen-bond donors (Lipinski definition) is 1. The minimum Gasteiger partial charge on any atom is -0.396 e. The van der Waals surface area contributed by atoms with Gasteiger partial charge in [-0.3, -0.25) is 0 Å². The summed E-state index contributed by atoms with van der Waals surface area (Å²) in [6, 6.07) is 10.8. The first-order chi connectivity index (χ1) is 11.3. The molecule has 0 saturated carbocycles. The summed E-state index contributed by atoms with van der Waals surface area (Å²) in [7, 11) is 0. The second-order valence-corrected chi connectivity index (χ2v) is 7.41. The molecule has 2 fully saturated rings. The van der Waals surface area contributed by atoms with Gasteiger partial charge in [0, 0.05) is 32.8 Å². The van der Waals surface area contributed by atoms with Crippen LogP contribution in [-0.2, 0) is 6.42 Å². The third kappa shape index (κ3) is 5.03. The Morgan fingerprint density at radius 1 is 0.870 bits per heavy atom. The lowest BCUT2D eigenvalue weighted by Gasteiger charge is -2.26. The van der Waals surface area contributed by atoms with E-state index in [0.29, 0.717) is 18.4 Å². The summed E-state index contributed by atoms with van der Waals surface area (Å²) < 4.78 is 0. The van der Waals surface area contributed by atoms with Crippen LogP contribution in [0.1, 0.15) is 31.2 Å². The van der Waals surface area contributed by atoms with Crippen molar-refractivity contribution in [2.24, 2.45) is 11.8 Å². The van der Waals surface area contributed by atoms with Gasteiger partial charge < -0.3 is 14.9 Å². The van der Waals surface area contributed by atoms with Crippen LogP contribution in [0.15, 0.2) is 30.3 Å². The summed E-state index contributed by atoms with van der Waals surface area (Å²) in [6.07, 6.45) is 6.62. The molecule has 23 heavy (non-hydrogen) atoms. The molecule has 0 aromatic heterocycles. The molecule has 0 aliphatic carbocycles. The van der Waals surface area contributed by atoms with Gasteiger partial charge in [-0.25, -0.2) is 0 Å². The molecule has 2 aliphatic rings. The fourth-order valence-corrected chi connectivity index (χ4v) is 4.21. The van der Waals surface area contributed by atoms with E-state index in [-0.39, 0.29) is 0 Å². The predicted molar refractivity (Wildman–Crippen MR) is 95.6 cm³/mol. The van der Waals surface area contributed by atoms with Crippen LogP contribution in [0.25, 0.3) is 0 Å². The smallest absolute Gasteiger partial charge is 0.0475 e. The molecule has 1 N–H and O–H groups in total. The van der Waals surface area contributed by atoms with Gasteiger partial charge in [0.2, 0.25) is 0 Å². The van der Waals surface area contributed by atoms with Crippen LogP contribution in [0.5, 0.6) is 0 Å². The van der Waals surface area contributed by atoms with E-state index in [0.717, 1.165) is 26.1 Å². The second kappa shape index (κ2) is 8.81. The van der Waals surface area contributed by atoms with Crippen molar-refractivity contribution < 1.29 is 5.11 Å². The summed E-state index contributed by atoms with van der Waals surface area (Å²) in [5.74, 6) is 1.11. The predicted octanol–water partition coefficient (Wildman–Crippen LogP) is 2.65. The van der Waals surface area contributed by atoms with E-state index in [1.807, 2.05) is 0 Å². The van der Waals surface area contributed by atoms with Crippen LogP contribution in [0, 0.1) is 11.8 Å². The van der Waals surface area contributed by atoms with Crippen molar-refractivity contribution in [3.8, 4) is 0 Å². The van der Waals surface area contributed by atoms with Crippen molar-refractivity contribution in [3.63, 3.8) is 0 Å². The summed E-state index contributed by atoms with van der Waals surface area (Å²) in [5.41, 5.74) is 1.42. The van der Waals surface area contributed by atoms with Crippen LogP contribution in [-0.4, -0.2) is 60.8 Å². The van der Waals surface area contributed by atoms with E-state index >= 15 is 0 Å². The quantitative estimate of drug-likeness (QED) is 0.874. The largest absolute Gasteiger partial charge is 0.396 e. The molecule has 3 nitrogen and oxygen atoms in total. The first kappa shape index (κ1) is 16.9. The van der Waals surface area contributed by atoms with Gasteiger partial charge in [0.1, 0.15) is 0 Å². The average Bonchev–Trinajstić information content (AvgIpc) is 2.79. The molecule has 1 aromatic rings. The standard InChI is InChI=1S/C20H32N2O/c23-17-20-16-22(13-10-18-8-4-3-5-9-18)15-19(20)14-21-11-6-1-2-7-12-21/h3-5,8-9,19-20,23H,1-2,6-7,10-17H2/t19-,20-/m0/s1. The van der Waals surface area contributed by atoms with Crippen molar-refractivity contribution in [2.75, 3.05) is 45.9 Å². The number of likely N-dealkylation sites (tertiary alicyclic amines) is 2. The zero-order valence-corrected chi connectivity index (χ0v) is 14.4. The first-order valence-electron chi connectivity index (χ1n) is 9.44. The number of aliphatic hydroxyl groups excluding tert-OH is 1. The minimum atomic E-state index is 0.348. The molecule has 2 saturated heterocycles. The molecule has 0 spiro atoms. The highest BCUT2D eigenvalue weighted by atomic mass is 16.3. The van der Waals surface area contributed by atoms with Crippen LogP contribution >= 0.6 is 0 Å². The number of hydrogen-bond acceptors (Lipinski definition) is 3. The highest BCUT2D eigenvalue weighted by Gasteiger charge is 2.33. The van der Waals surface area contributed by atoms with Crippen molar-refractivity contribution in [1.29, 1.82) is 0 Å². The molecule has 128 valence electrons. The summed E-state index contributed by atoms with van der Waals surface area (Å²) in [4.78, 5) is 5.22. The molecule has 0 unspecified atom stereocenters. The molecule has 0 amide bonds. The highest BCUT2D eigenvalue weighted by molar-refractivity contribution is 5.15. The van der Waals surface area contributed by atoms with Crippen molar-refractivity contribution in [2.45, 2.75) is 32.1 Å². The van der Waals surface area contributed by atoms with E-state index in [2.05, 4.69) is 40.1 Å². The number of rotatable bonds is 6. The number of nitrogens with zero attached hydrogens (tertiary/aromatic N) is 2. The van der Waals surface area contributed by atoms with Crippen molar-refractivity contribution in [1.82, 2.24) is 9.80 Å². The molecule has 1 aromatic carbocycles. The van der Waals surface area contributed by atoms with Crippen molar-refractivity contribution in [3.05, 3.63) is 35.9 Å². The van der Waals surface area contributed by atoms with Gasteiger partial charge in [0.25, 0.3) is 0 Å². The Kier molecular flexibility index (Phi) is 6.49. The Morgan fingerprint density at radius 2 is 1.57 bits per heavy atom. The zero-order valence-electron chi connectivity index (χ0n) is 14.4. The SMILES string of the molecule is OC[C@@H]1CN(CCc2ccccc2)C[C@@H]1CN1CCCCCC1. The molecule has 0 radical (unpaired) electrons. The summed E-state index contributed by atoms with van der Waals surface area (Å²) in [5, 5.41) is 9.78. The molecule has 3 rings (SSSR count). The fraction of sp³-hybridized carbons (Fsp3) is 0.700. The average molecular weight is 316 g/mol. The highest BCUT2D eigenvalue weighted by Crippen LogP contribution is 2.25. The zero-order chi connectivity index (χ0) is 15.9. The Hall–Kier alpha value is -0.900. The van der Waals surface area contributed by atoms with Gasteiger partial charge in [-0.1, -0.05) is 43.2 Å². The van der Waals surface area contributed by atoms with Gasteiger partial charge in [-0.15, -0.1) is 0 Å². The normalized spacial score (nSPS) is 27.2. The summed E-state index contributed by atoms with van der Waals surface area (Å²) in [6.45, 7) is 7.41. The molecule has 2 atom stereocenters. The second-order valence-electron chi connectivity index (χ2n) is 7.41. The topological polar surface area (TPSA) is 26.7 Å². The maximum absolute atomic E-state index is 9.78. The van der Waals surface area contributed by atoms with E-state index in [9.17, 15) is 5.11 Å². The van der Waals surface area contributed by atoms with E-state index < -0.39 is 0 Å². The van der Waals surface area contributed by atoms with Crippen LogP contribution in [0.4, 0.5) is 0 Å². The molecular formula is C20H32N2O.